The summed E-state index contributed by atoms with van der Waals surface area (Å²) in [6.07, 6.45) is -2.39. The second kappa shape index (κ2) is 9.91. The Bertz CT molecular complexity index is 1120. The zero-order valence-corrected chi connectivity index (χ0v) is 19.2. The topological polar surface area (TPSA) is 55.6 Å². The number of thioether (sulfide) groups is 1. The molecule has 0 fully saturated rings. The Kier molecular flexibility index (Phi) is 7.41. The summed E-state index contributed by atoms with van der Waals surface area (Å²) in [5, 5.41) is 0.577. The second-order valence-electron chi connectivity index (χ2n) is 7.77. The molecule has 9 heteroatoms. The lowest BCUT2D eigenvalue weighted by atomic mass is 9.99. The van der Waals surface area contributed by atoms with Crippen LogP contribution in [-0.2, 0) is 23.9 Å². The number of halogens is 4. The fourth-order valence-corrected chi connectivity index (χ4v) is 4.07. The second-order valence-corrected chi connectivity index (χ2v) is 8.85. The van der Waals surface area contributed by atoms with Crippen molar-refractivity contribution in [2.24, 2.45) is 5.73 Å². The molecule has 0 aliphatic carbocycles. The maximum absolute atomic E-state index is 13.8. The van der Waals surface area contributed by atoms with Crippen molar-refractivity contribution in [3.63, 3.8) is 0 Å². The average molecular weight is 481 g/mol. The molecule has 0 saturated heterocycles. The highest BCUT2D eigenvalue weighted by atomic mass is 32.2. The third-order valence-corrected chi connectivity index (χ3v) is 6.40. The van der Waals surface area contributed by atoms with E-state index in [0.717, 1.165) is 22.8 Å². The van der Waals surface area contributed by atoms with Crippen molar-refractivity contribution in [3.8, 4) is 11.5 Å². The van der Waals surface area contributed by atoms with Gasteiger partial charge in [-0.1, -0.05) is 23.9 Å². The number of benzene rings is 2. The standard InChI is InChI=1S/C24H24F4N2O2S/c1-4-21(33-22(29)14(2)3)23(31)30-10-9-15-5-6-17(11-16(15)13-30)32-18-7-8-19(20(25)12-18)24(26,27)28/h4-8,11-12H,9-10,13,29H2,1-3H3/b21-4-. The molecule has 0 saturated carbocycles. The lowest BCUT2D eigenvalue weighted by Crippen LogP contribution is -2.36. The molecule has 1 aliphatic rings. The highest BCUT2D eigenvalue weighted by Crippen LogP contribution is 2.35. The van der Waals surface area contributed by atoms with Gasteiger partial charge in [-0.3, -0.25) is 4.79 Å². The summed E-state index contributed by atoms with van der Waals surface area (Å²) < 4.78 is 57.7. The third-order valence-electron chi connectivity index (χ3n) is 5.14. The predicted molar refractivity (Wildman–Crippen MR) is 121 cm³/mol. The van der Waals surface area contributed by atoms with Crippen LogP contribution in [0.5, 0.6) is 11.5 Å². The van der Waals surface area contributed by atoms with E-state index < -0.39 is 17.6 Å². The number of nitrogens with two attached hydrogens (primary N) is 1. The summed E-state index contributed by atoms with van der Waals surface area (Å²) in [7, 11) is 0. The van der Waals surface area contributed by atoms with E-state index in [9.17, 15) is 22.4 Å². The largest absolute Gasteiger partial charge is 0.457 e. The number of ether oxygens (including phenoxy) is 1. The Balaban J connectivity index is 1.76. The molecule has 33 heavy (non-hydrogen) atoms. The first kappa shape index (κ1) is 24.7. The zero-order valence-electron chi connectivity index (χ0n) is 18.4. The van der Waals surface area contributed by atoms with Crippen LogP contribution in [0.1, 0.15) is 37.5 Å². The summed E-state index contributed by atoms with van der Waals surface area (Å²) in [5.41, 5.74) is 7.48. The van der Waals surface area contributed by atoms with E-state index in [1.807, 2.05) is 19.9 Å². The van der Waals surface area contributed by atoms with Gasteiger partial charge in [-0.2, -0.15) is 13.2 Å². The Hall–Kier alpha value is -2.94. The summed E-state index contributed by atoms with van der Waals surface area (Å²) in [5.74, 6) is -1.24. The summed E-state index contributed by atoms with van der Waals surface area (Å²) in [4.78, 5) is 15.3. The molecule has 1 heterocycles. The molecule has 0 bridgehead atoms. The Labute approximate surface area is 194 Å². The summed E-state index contributed by atoms with van der Waals surface area (Å²) >= 11 is 1.23. The summed E-state index contributed by atoms with van der Waals surface area (Å²) in [6.45, 7) is 6.43. The normalized spacial score (nSPS) is 14.0. The van der Waals surface area contributed by atoms with Gasteiger partial charge in [0.15, 0.2) is 0 Å². The SMILES string of the molecule is C/C=C(\SC(N)=C(C)C)C(=O)N1CCc2ccc(Oc3ccc(C(F)(F)F)c(F)c3)cc2C1. The van der Waals surface area contributed by atoms with Crippen LogP contribution in [0.15, 0.2) is 58.0 Å². The number of rotatable bonds is 5. The molecule has 2 aromatic carbocycles. The lowest BCUT2D eigenvalue weighted by molar-refractivity contribution is -0.140. The quantitative estimate of drug-likeness (QED) is 0.399. The van der Waals surface area contributed by atoms with Crippen LogP contribution in [0.25, 0.3) is 0 Å². The van der Waals surface area contributed by atoms with Gasteiger partial charge in [-0.15, -0.1) is 0 Å². The Morgan fingerprint density at radius 1 is 1.12 bits per heavy atom. The highest BCUT2D eigenvalue weighted by Gasteiger charge is 2.34. The molecule has 2 aromatic rings. The van der Waals surface area contributed by atoms with Gasteiger partial charge >= 0.3 is 6.18 Å². The molecule has 3 rings (SSSR count). The smallest absolute Gasteiger partial charge is 0.419 e. The molecule has 0 spiro atoms. The number of fused-ring (bicyclic) bond motifs is 1. The molecule has 0 aromatic heterocycles. The molecule has 0 atom stereocenters. The van der Waals surface area contributed by atoms with Crippen LogP contribution in [-0.4, -0.2) is 17.4 Å². The maximum atomic E-state index is 13.8. The van der Waals surface area contributed by atoms with Crippen LogP contribution < -0.4 is 10.5 Å². The molecule has 1 aliphatic heterocycles. The fraction of sp³-hybridized carbons (Fsp3) is 0.292. The van der Waals surface area contributed by atoms with Gasteiger partial charge < -0.3 is 15.4 Å². The number of carbonyl (C=O) groups excluding carboxylic acids is 1. The fourth-order valence-electron chi connectivity index (χ4n) is 3.30. The van der Waals surface area contributed by atoms with Gasteiger partial charge in [0.25, 0.3) is 5.91 Å². The van der Waals surface area contributed by atoms with E-state index in [0.29, 0.717) is 47.3 Å². The van der Waals surface area contributed by atoms with Crippen molar-refractivity contribution in [2.45, 2.75) is 39.9 Å². The van der Waals surface area contributed by atoms with E-state index in [2.05, 4.69) is 0 Å². The van der Waals surface area contributed by atoms with Gasteiger partial charge in [-0.25, -0.2) is 4.39 Å². The predicted octanol–water partition coefficient (Wildman–Crippen LogP) is 6.37. The van der Waals surface area contributed by atoms with Crippen molar-refractivity contribution >= 4 is 17.7 Å². The van der Waals surface area contributed by atoms with Crippen molar-refractivity contribution in [2.75, 3.05) is 6.54 Å². The molecule has 176 valence electrons. The number of hydrogen-bond acceptors (Lipinski definition) is 4. The minimum absolute atomic E-state index is 0.0472. The molecular formula is C24H24F4N2O2S. The number of alkyl halides is 3. The van der Waals surface area contributed by atoms with Gasteiger partial charge in [0.05, 0.1) is 15.5 Å². The molecule has 1 amide bonds. The minimum Gasteiger partial charge on any atom is -0.457 e. The van der Waals surface area contributed by atoms with E-state index in [1.54, 1.807) is 30.0 Å². The van der Waals surface area contributed by atoms with E-state index >= 15 is 0 Å². The van der Waals surface area contributed by atoms with Crippen LogP contribution >= 0.6 is 11.8 Å². The highest BCUT2D eigenvalue weighted by molar-refractivity contribution is 8.07. The number of amides is 1. The number of nitrogens with zero attached hydrogens (tertiary/aromatic N) is 1. The van der Waals surface area contributed by atoms with Crippen LogP contribution in [0, 0.1) is 5.82 Å². The van der Waals surface area contributed by atoms with E-state index in [4.69, 9.17) is 10.5 Å². The van der Waals surface area contributed by atoms with Gasteiger partial charge in [0, 0.05) is 19.2 Å². The van der Waals surface area contributed by atoms with E-state index in [1.165, 1.54) is 11.8 Å². The van der Waals surface area contributed by atoms with Gasteiger partial charge in [0.2, 0.25) is 0 Å². The monoisotopic (exact) mass is 480 g/mol. The van der Waals surface area contributed by atoms with Crippen LogP contribution in [0.4, 0.5) is 17.6 Å². The molecule has 0 radical (unpaired) electrons. The van der Waals surface area contributed by atoms with E-state index in [-0.39, 0.29) is 11.7 Å². The van der Waals surface area contributed by atoms with Crippen molar-refractivity contribution in [3.05, 3.63) is 80.5 Å². The molecular weight excluding hydrogens is 456 g/mol. The Morgan fingerprint density at radius 3 is 2.39 bits per heavy atom. The first-order chi connectivity index (χ1) is 15.5. The first-order valence-electron chi connectivity index (χ1n) is 10.2. The van der Waals surface area contributed by atoms with Gasteiger partial charge in [-0.05, 0) is 68.2 Å². The maximum Gasteiger partial charge on any atom is 0.419 e. The average Bonchev–Trinajstić information content (AvgIpc) is 2.75. The van der Waals surface area contributed by atoms with Crippen LogP contribution in [0.3, 0.4) is 0 Å². The van der Waals surface area contributed by atoms with Crippen LogP contribution in [0.2, 0.25) is 0 Å². The number of allylic oxidation sites excluding steroid dienone is 2. The zero-order chi connectivity index (χ0) is 24.3. The third kappa shape index (κ3) is 5.90. The van der Waals surface area contributed by atoms with Crippen molar-refractivity contribution < 1.29 is 27.1 Å². The minimum atomic E-state index is -4.77. The molecule has 2 N–H and O–H groups in total. The van der Waals surface area contributed by atoms with Crippen molar-refractivity contribution in [1.82, 2.24) is 4.90 Å². The molecule has 4 nitrogen and oxygen atoms in total. The van der Waals surface area contributed by atoms with Gasteiger partial charge in [0.1, 0.15) is 17.3 Å². The lowest BCUT2D eigenvalue weighted by Gasteiger charge is -2.30. The molecule has 0 unspecified atom stereocenters. The Morgan fingerprint density at radius 2 is 1.79 bits per heavy atom. The first-order valence-corrected chi connectivity index (χ1v) is 11.0. The summed E-state index contributed by atoms with van der Waals surface area (Å²) in [6, 6.07) is 7.68. The number of hydrogen-bond donors (Lipinski definition) is 1. The van der Waals surface area contributed by atoms with Crippen molar-refractivity contribution in [1.29, 1.82) is 0 Å². The number of carbonyl (C=O) groups is 1.